The lowest BCUT2D eigenvalue weighted by atomic mass is 10.0. The highest BCUT2D eigenvalue weighted by Gasteiger charge is 2.15. The third-order valence-corrected chi connectivity index (χ3v) is 4.92. The number of nitrogens with zero attached hydrogens (tertiary/aromatic N) is 2. The van der Waals surface area contributed by atoms with E-state index in [1.807, 2.05) is 0 Å². The third-order valence-electron chi connectivity index (χ3n) is 4.92. The van der Waals surface area contributed by atoms with E-state index in [0.29, 0.717) is 0 Å². The lowest BCUT2D eigenvalue weighted by Gasteiger charge is -2.19. The van der Waals surface area contributed by atoms with Crippen molar-refractivity contribution >= 4 is 5.71 Å². The van der Waals surface area contributed by atoms with E-state index < -0.39 is 0 Å². The molecule has 1 heterocycles. The van der Waals surface area contributed by atoms with Crippen LogP contribution in [0.5, 0.6) is 0 Å². The normalized spacial score (nSPS) is 17.8. The minimum absolute atomic E-state index is 0.891. The molecule has 0 saturated heterocycles. The molecule has 2 bridgehead atoms. The number of rotatable bonds is 8. The molecule has 3 nitrogen and oxygen atoms in total. The second-order valence-corrected chi connectivity index (χ2v) is 7.49. The Morgan fingerprint density at radius 2 is 1.96 bits per heavy atom. The van der Waals surface area contributed by atoms with Crippen molar-refractivity contribution in [3.8, 4) is 0 Å². The van der Waals surface area contributed by atoms with Gasteiger partial charge in [0.05, 0.1) is 5.70 Å². The highest BCUT2D eigenvalue weighted by Crippen LogP contribution is 2.27. The van der Waals surface area contributed by atoms with Gasteiger partial charge in [-0.2, -0.15) is 0 Å². The number of allylic oxidation sites excluding steroid dienone is 9. The molecule has 0 radical (unpaired) electrons. The molecule has 2 rings (SSSR count). The number of likely N-dealkylation sites (N-methyl/N-ethyl adjacent to an activating group) is 1. The molecule has 1 aliphatic carbocycles. The summed E-state index contributed by atoms with van der Waals surface area (Å²) < 4.78 is 0. The molecule has 0 aromatic rings. The molecule has 0 amide bonds. The quantitative estimate of drug-likeness (QED) is 0.569. The van der Waals surface area contributed by atoms with Crippen molar-refractivity contribution in [1.82, 2.24) is 10.2 Å². The lowest BCUT2D eigenvalue weighted by molar-refractivity contribution is 0.430. The van der Waals surface area contributed by atoms with Crippen molar-refractivity contribution in [2.45, 2.75) is 60.3 Å². The minimum Gasteiger partial charge on any atom is -0.375 e. The third kappa shape index (κ3) is 6.13. The number of hydrogen-bond acceptors (Lipinski definition) is 3. The van der Waals surface area contributed by atoms with Crippen LogP contribution in [0.15, 0.2) is 75.4 Å². The fourth-order valence-corrected chi connectivity index (χ4v) is 3.16. The average Bonchev–Trinajstić information content (AvgIpc) is 2.95. The van der Waals surface area contributed by atoms with Gasteiger partial charge < -0.3 is 10.2 Å². The van der Waals surface area contributed by atoms with Gasteiger partial charge in [0, 0.05) is 43.3 Å². The Morgan fingerprint density at radius 1 is 1.19 bits per heavy atom. The summed E-state index contributed by atoms with van der Waals surface area (Å²) in [6.07, 6.45) is 17.5. The second-order valence-electron chi connectivity index (χ2n) is 7.49. The van der Waals surface area contributed by atoms with Crippen LogP contribution >= 0.6 is 0 Å². The smallest absolute Gasteiger partial charge is 0.0679 e. The SMILES string of the molecule is CCC/C=C(\C)N/C=C(\C)C1=CC(C)=C2C=CC(N(C)CCC)=CC(=N1)C2. The summed E-state index contributed by atoms with van der Waals surface area (Å²) in [5.74, 6) is 0. The van der Waals surface area contributed by atoms with Gasteiger partial charge in [-0.3, -0.25) is 4.99 Å². The van der Waals surface area contributed by atoms with Gasteiger partial charge in [0.25, 0.3) is 0 Å². The molecule has 0 aromatic heterocycles. The van der Waals surface area contributed by atoms with Crippen molar-refractivity contribution in [1.29, 1.82) is 0 Å². The van der Waals surface area contributed by atoms with Crippen LogP contribution in [-0.4, -0.2) is 24.2 Å². The lowest BCUT2D eigenvalue weighted by Crippen LogP contribution is -2.18. The molecular weight excluding hydrogens is 330 g/mol. The maximum Gasteiger partial charge on any atom is 0.0679 e. The number of aliphatic imine (C=N–C) groups is 1. The fraction of sp³-hybridized carbons (Fsp3) is 0.458. The summed E-state index contributed by atoms with van der Waals surface area (Å²) in [7, 11) is 2.15. The zero-order valence-electron chi connectivity index (χ0n) is 17.9. The molecule has 0 unspecified atom stereocenters. The first-order chi connectivity index (χ1) is 12.9. The standard InChI is InChI=1S/C24H35N3/c1-7-9-10-20(5)25-17-19(4)24-14-18(3)21-11-12-23(27(6)13-8-2)16-22(15-21)26-24/h10-12,14,16-17,25H,7-9,13,15H2,1-6H3/b19-17+,20-10+. The number of hydrogen-bond donors (Lipinski definition) is 1. The van der Waals surface area contributed by atoms with E-state index in [2.05, 4.69) is 88.5 Å². The van der Waals surface area contributed by atoms with Crippen molar-refractivity contribution < 1.29 is 0 Å². The second kappa shape index (κ2) is 10.1. The highest BCUT2D eigenvalue weighted by atomic mass is 15.1. The Morgan fingerprint density at radius 3 is 2.67 bits per heavy atom. The van der Waals surface area contributed by atoms with Crippen molar-refractivity contribution in [2.75, 3.05) is 13.6 Å². The van der Waals surface area contributed by atoms with E-state index in [1.165, 1.54) is 29.0 Å². The summed E-state index contributed by atoms with van der Waals surface area (Å²) >= 11 is 0. The van der Waals surface area contributed by atoms with E-state index in [0.717, 1.165) is 42.8 Å². The first-order valence-corrected chi connectivity index (χ1v) is 10.1. The van der Waals surface area contributed by atoms with Gasteiger partial charge in [-0.15, -0.1) is 0 Å². The Bertz CT molecular complexity index is 754. The van der Waals surface area contributed by atoms with Crippen molar-refractivity contribution in [2.24, 2.45) is 4.99 Å². The maximum absolute atomic E-state index is 5.00. The molecule has 0 aromatic carbocycles. The van der Waals surface area contributed by atoms with Crippen LogP contribution < -0.4 is 5.32 Å². The molecule has 0 atom stereocenters. The Balaban J connectivity index is 2.30. The minimum atomic E-state index is 0.891. The summed E-state index contributed by atoms with van der Waals surface area (Å²) in [4.78, 5) is 7.31. The number of fused-ring (bicyclic) bond motifs is 2. The number of nitrogens with one attached hydrogen (secondary N) is 1. The van der Waals surface area contributed by atoms with Gasteiger partial charge in [0.2, 0.25) is 0 Å². The molecule has 27 heavy (non-hydrogen) atoms. The summed E-state index contributed by atoms with van der Waals surface area (Å²) in [6.45, 7) is 11.9. The van der Waals surface area contributed by atoms with Gasteiger partial charge in [0.15, 0.2) is 0 Å². The van der Waals surface area contributed by atoms with E-state index in [9.17, 15) is 0 Å². The zero-order chi connectivity index (χ0) is 19.8. The fourth-order valence-electron chi connectivity index (χ4n) is 3.16. The van der Waals surface area contributed by atoms with Crippen molar-refractivity contribution in [3.63, 3.8) is 0 Å². The molecule has 0 spiro atoms. The molecule has 1 N–H and O–H groups in total. The zero-order valence-corrected chi connectivity index (χ0v) is 17.9. The molecule has 146 valence electrons. The van der Waals surface area contributed by atoms with E-state index in [4.69, 9.17) is 4.99 Å². The van der Waals surface area contributed by atoms with Crippen LogP contribution in [0.4, 0.5) is 0 Å². The van der Waals surface area contributed by atoms with Gasteiger partial charge >= 0.3 is 0 Å². The van der Waals surface area contributed by atoms with E-state index in [-0.39, 0.29) is 0 Å². The molecule has 0 fully saturated rings. The topological polar surface area (TPSA) is 27.6 Å². The molecule has 3 heteroatoms. The van der Waals surface area contributed by atoms with Crippen molar-refractivity contribution in [3.05, 3.63) is 70.4 Å². The average molecular weight is 366 g/mol. The predicted octanol–water partition coefficient (Wildman–Crippen LogP) is 6.02. The maximum atomic E-state index is 5.00. The van der Waals surface area contributed by atoms with E-state index in [1.54, 1.807) is 0 Å². The first kappa shape index (κ1) is 21.0. The number of unbranched alkanes of at least 4 members (excludes halogenated alkanes) is 1. The first-order valence-electron chi connectivity index (χ1n) is 10.1. The predicted molar refractivity (Wildman–Crippen MR) is 119 cm³/mol. The molecule has 0 saturated carbocycles. The molecule has 2 aliphatic rings. The van der Waals surface area contributed by atoms with Gasteiger partial charge in [-0.25, -0.2) is 0 Å². The van der Waals surface area contributed by atoms with E-state index >= 15 is 0 Å². The molecular formula is C24H35N3. The van der Waals surface area contributed by atoms with Crippen LogP contribution in [-0.2, 0) is 0 Å². The Kier molecular flexibility index (Phi) is 7.90. The van der Waals surface area contributed by atoms with Crippen LogP contribution in [0, 0.1) is 0 Å². The van der Waals surface area contributed by atoms with Gasteiger partial charge in [0.1, 0.15) is 0 Å². The summed E-state index contributed by atoms with van der Waals surface area (Å²) in [5, 5.41) is 3.40. The highest BCUT2D eigenvalue weighted by molar-refractivity contribution is 6.00. The Labute approximate surface area is 165 Å². The van der Waals surface area contributed by atoms with Crippen LogP contribution in [0.2, 0.25) is 0 Å². The van der Waals surface area contributed by atoms with Gasteiger partial charge in [-0.1, -0.05) is 32.4 Å². The van der Waals surface area contributed by atoms with Gasteiger partial charge in [-0.05, 0) is 68.6 Å². The van der Waals surface area contributed by atoms with Crippen LogP contribution in [0.1, 0.15) is 60.3 Å². The summed E-state index contributed by atoms with van der Waals surface area (Å²) in [5.41, 5.74) is 8.38. The summed E-state index contributed by atoms with van der Waals surface area (Å²) in [6, 6.07) is 0. The largest absolute Gasteiger partial charge is 0.375 e. The molecule has 1 aliphatic heterocycles. The monoisotopic (exact) mass is 365 g/mol. The van der Waals surface area contributed by atoms with Crippen LogP contribution in [0.3, 0.4) is 0 Å². The Hall–Kier alpha value is -2.29. The van der Waals surface area contributed by atoms with Crippen LogP contribution in [0.25, 0.3) is 0 Å².